The predicted octanol–water partition coefficient (Wildman–Crippen LogP) is 3.03. The van der Waals surface area contributed by atoms with E-state index in [-0.39, 0.29) is 0 Å². The Morgan fingerprint density at radius 2 is 2.24 bits per heavy atom. The molecule has 5 heteroatoms. The molecule has 17 heavy (non-hydrogen) atoms. The van der Waals surface area contributed by atoms with Gasteiger partial charge in [0.2, 0.25) is 5.88 Å². The maximum Gasteiger partial charge on any atom is 0.233 e. The molecule has 0 aliphatic heterocycles. The van der Waals surface area contributed by atoms with Crippen molar-refractivity contribution in [1.82, 2.24) is 9.97 Å². The number of H-pyrrole nitrogens is 1. The molecule has 0 saturated carbocycles. The molecule has 2 aromatic heterocycles. The standard InChI is InChI=1S/C12H12ClN3O/c1-12(2,6-14)7-5-15-9-4-8(13)11(17-3)16-10(7)9/h4-5,15H,1-3H3. The topological polar surface area (TPSA) is 61.7 Å². The van der Waals surface area contributed by atoms with Gasteiger partial charge in [0.05, 0.1) is 29.6 Å². The summed E-state index contributed by atoms with van der Waals surface area (Å²) in [7, 11) is 1.52. The highest BCUT2D eigenvalue weighted by atomic mass is 35.5. The number of aromatic nitrogens is 2. The average Bonchev–Trinajstić information content (AvgIpc) is 2.71. The maximum absolute atomic E-state index is 9.16. The molecule has 0 radical (unpaired) electrons. The molecule has 0 amide bonds. The van der Waals surface area contributed by atoms with E-state index in [0.29, 0.717) is 10.9 Å². The number of hydrogen-bond acceptors (Lipinski definition) is 3. The van der Waals surface area contributed by atoms with Crippen molar-refractivity contribution in [2.24, 2.45) is 0 Å². The van der Waals surface area contributed by atoms with Crippen LogP contribution in [0.4, 0.5) is 0 Å². The number of aromatic amines is 1. The lowest BCUT2D eigenvalue weighted by atomic mass is 9.87. The van der Waals surface area contributed by atoms with E-state index in [1.54, 1.807) is 12.3 Å². The van der Waals surface area contributed by atoms with Crippen molar-refractivity contribution in [3.05, 3.63) is 22.8 Å². The van der Waals surface area contributed by atoms with Crippen molar-refractivity contribution in [1.29, 1.82) is 5.26 Å². The molecular formula is C12H12ClN3O. The van der Waals surface area contributed by atoms with Gasteiger partial charge in [0.1, 0.15) is 5.02 Å². The third-order valence-electron chi connectivity index (χ3n) is 2.72. The Labute approximate surface area is 104 Å². The first-order valence-corrected chi connectivity index (χ1v) is 5.50. The molecule has 4 nitrogen and oxygen atoms in total. The second-order valence-corrected chi connectivity index (χ2v) is 4.72. The van der Waals surface area contributed by atoms with Crippen LogP contribution in [0.15, 0.2) is 12.3 Å². The van der Waals surface area contributed by atoms with E-state index in [9.17, 15) is 0 Å². The first-order chi connectivity index (χ1) is 7.99. The van der Waals surface area contributed by atoms with Crippen molar-refractivity contribution in [2.45, 2.75) is 19.3 Å². The number of hydrogen-bond donors (Lipinski definition) is 1. The Hall–Kier alpha value is -1.73. The zero-order valence-electron chi connectivity index (χ0n) is 9.84. The van der Waals surface area contributed by atoms with Gasteiger partial charge in [-0.25, -0.2) is 4.98 Å². The number of methoxy groups -OCH3 is 1. The van der Waals surface area contributed by atoms with Crippen LogP contribution in [0.25, 0.3) is 11.0 Å². The number of fused-ring (bicyclic) bond motifs is 1. The lowest BCUT2D eigenvalue weighted by molar-refractivity contribution is 0.399. The van der Waals surface area contributed by atoms with Crippen LogP contribution < -0.4 is 4.74 Å². The lowest BCUT2D eigenvalue weighted by Crippen LogP contribution is -2.13. The zero-order chi connectivity index (χ0) is 12.6. The van der Waals surface area contributed by atoms with Crippen LogP contribution in [-0.2, 0) is 5.41 Å². The van der Waals surface area contributed by atoms with Gasteiger partial charge in [-0.15, -0.1) is 0 Å². The Morgan fingerprint density at radius 3 is 2.82 bits per heavy atom. The van der Waals surface area contributed by atoms with Crippen LogP contribution in [0.5, 0.6) is 5.88 Å². The number of nitrogens with zero attached hydrogens (tertiary/aromatic N) is 2. The van der Waals surface area contributed by atoms with Crippen molar-refractivity contribution in [3.8, 4) is 11.9 Å². The summed E-state index contributed by atoms with van der Waals surface area (Å²) in [6, 6.07) is 4.00. The van der Waals surface area contributed by atoms with Crippen molar-refractivity contribution < 1.29 is 4.74 Å². The van der Waals surface area contributed by atoms with Gasteiger partial charge in [-0.05, 0) is 19.9 Å². The van der Waals surface area contributed by atoms with E-state index in [2.05, 4.69) is 16.0 Å². The maximum atomic E-state index is 9.16. The summed E-state index contributed by atoms with van der Waals surface area (Å²) < 4.78 is 5.08. The van der Waals surface area contributed by atoms with Gasteiger partial charge in [0.25, 0.3) is 0 Å². The highest BCUT2D eigenvalue weighted by Gasteiger charge is 2.25. The van der Waals surface area contributed by atoms with Crippen LogP contribution in [-0.4, -0.2) is 17.1 Å². The first kappa shape index (κ1) is 11.7. The van der Waals surface area contributed by atoms with Crippen molar-refractivity contribution in [2.75, 3.05) is 7.11 Å². The van der Waals surface area contributed by atoms with Gasteiger partial charge < -0.3 is 9.72 Å². The summed E-state index contributed by atoms with van der Waals surface area (Å²) in [6.45, 7) is 3.69. The number of ether oxygens (including phenoxy) is 1. The van der Waals surface area contributed by atoms with E-state index in [0.717, 1.165) is 16.6 Å². The number of nitriles is 1. The summed E-state index contributed by atoms with van der Waals surface area (Å²) in [5.41, 5.74) is 1.75. The fourth-order valence-corrected chi connectivity index (χ4v) is 1.91. The Morgan fingerprint density at radius 1 is 1.53 bits per heavy atom. The van der Waals surface area contributed by atoms with Crippen LogP contribution >= 0.6 is 11.6 Å². The highest BCUT2D eigenvalue weighted by molar-refractivity contribution is 6.32. The third-order valence-corrected chi connectivity index (χ3v) is 2.99. The molecule has 88 valence electrons. The van der Waals surface area contributed by atoms with Crippen molar-refractivity contribution >= 4 is 22.6 Å². The predicted molar refractivity (Wildman–Crippen MR) is 66.3 cm³/mol. The molecule has 2 rings (SSSR count). The molecule has 0 aromatic carbocycles. The van der Waals surface area contributed by atoms with E-state index in [4.69, 9.17) is 21.6 Å². The van der Waals surface area contributed by atoms with Crippen LogP contribution in [0.3, 0.4) is 0 Å². The van der Waals surface area contributed by atoms with Gasteiger partial charge in [0, 0.05) is 11.8 Å². The first-order valence-electron chi connectivity index (χ1n) is 5.13. The summed E-state index contributed by atoms with van der Waals surface area (Å²) in [6.07, 6.45) is 1.79. The molecule has 2 aromatic rings. The molecule has 0 bridgehead atoms. The molecule has 0 saturated heterocycles. The van der Waals surface area contributed by atoms with E-state index < -0.39 is 5.41 Å². The third kappa shape index (κ3) is 1.83. The number of rotatable bonds is 2. The minimum absolute atomic E-state index is 0.369. The van der Waals surface area contributed by atoms with Crippen LogP contribution in [0, 0.1) is 11.3 Å². The normalized spacial score (nSPS) is 11.5. The quantitative estimate of drug-likeness (QED) is 0.890. The van der Waals surface area contributed by atoms with Gasteiger partial charge in [0.15, 0.2) is 0 Å². The Balaban J connectivity index is 2.73. The molecular weight excluding hydrogens is 238 g/mol. The fraction of sp³-hybridized carbons (Fsp3) is 0.333. The molecule has 2 heterocycles. The lowest BCUT2D eigenvalue weighted by Gasteiger charge is -2.13. The Bertz CT molecular complexity index is 610. The van der Waals surface area contributed by atoms with E-state index in [1.165, 1.54) is 7.11 Å². The summed E-state index contributed by atoms with van der Waals surface area (Å²) in [4.78, 5) is 7.40. The van der Waals surface area contributed by atoms with E-state index in [1.807, 2.05) is 13.8 Å². The van der Waals surface area contributed by atoms with Crippen LogP contribution in [0.2, 0.25) is 5.02 Å². The number of nitrogens with one attached hydrogen (secondary N) is 1. The Kier molecular flexibility index (Phi) is 2.72. The molecule has 0 aliphatic carbocycles. The molecule has 1 N–H and O–H groups in total. The van der Waals surface area contributed by atoms with Crippen molar-refractivity contribution in [3.63, 3.8) is 0 Å². The minimum atomic E-state index is -0.607. The molecule has 0 fully saturated rings. The minimum Gasteiger partial charge on any atom is -0.480 e. The SMILES string of the molecule is COc1nc2c(C(C)(C)C#N)c[nH]c2cc1Cl. The largest absolute Gasteiger partial charge is 0.480 e. The monoisotopic (exact) mass is 249 g/mol. The average molecular weight is 250 g/mol. The van der Waals surface area contributed by atoms with Gasteiger partial charge >= 0.3 is 0 Å². The van der Waals surface area contributed by atoms with Crippen LogP contribution in [0.1, 0.15) is 19.4 Å². The fourth-order valence-electron chi connectivity index (χ4n) is 1.69. The zero-order valence-corrected chi connectivity index (χ0v) is 10.6. The van der Waals surface area contributed by atoms with E-state index >= 15 is 0 Å². The van der Waals surface area contributed by atoms with Gasteiger partial charge in [-0.3, -0.25) is 0 Å². The van der Waals surface area contributed by atoms with Gasteiger partial charge in [-0.2, -0.15) is 5.26 Å². The summed E-state index contributed by atoms with van der Waals surface area (Å²) >= 11 is 5.99. The highest BCUT2D eigenvalue weighted by Crippen LogP contribution is 2.33. The van der Waals surface area contributed by atoms with Gasteiger partial charge in [-0.1, -0.05) is 11.6 Å². The second-order valence-electron chi connectivity index (χ2n) is 4.31. The number of pyridine rings is 1. The summed E-state index contributed by atoms with van der Waals surface area (Å²) in [5.74, 6) is 0.369. The molecule has 0 unspecified atom stereocenters. The molecule has 0 aliphatic rings. The summed E-state index contributed by atoms with van der Waals surface area (Å²) in [5, 5.41) is 9.60. The smallest absolute Gasteiger partial charge is 0.233 e. The molecule has 0 spiro atoms. The second kappa shape index (κ2) is 3.94. The number of halogens is 1. The molecule has 0 atom stereocenters.